The molecule has 194 valence electrons. The van der Waals surface area contributed by atoms with Crippen LogP contribution in [0, 0.1) is 0 Å². The van der Waals surface area contributed by atoms with Gasteiger partial charge in [-0.25, -0.2) is 19.2 Å². The number of hydrogen-bond donors (Lipinski definition) is 1. The van der Waals surface area contributed by atoms with Crippen molar-refractivity contribution < 1.29 is 52.5 Å². The van der Waals surface area contributed by atoms with Gasteiger partial charge in [-0.1, -0.05) is 13.3 Å². The number of methoxy groups -OCH3 is 1. The molecule has 13 heteroatoms. The van der Waals surface area contributed by atoms with E-state index in [1.165, 1.54) is 4.90 Å². The van der Waals surface area contributed by atoms with Crippen LogP contribution in [0.3, 0.4) is 0 Å². The maximum Gasteiger partial charge on any atom is 0.331 e. The first-order valence-electron chi connectivity index (χ1n) is 10.9. The lowest BCUT2D eigenvalue weighted by molar-refractivity contribution is -0.155. The summed E-state index contributed by atoms with van der Waals surface area (Å²) in [6, 6.07) is 0. The maximum atomic E-state index is 12.2. The monoisotopic (exact) mass is 498 g/mol. The molecule has 35 heavy (non-hydrogen) atoms. The molecule has 1 fully saturated rings. The standard InChI is InChI=1S/C22H30N2O11/c1-3-4-9-23-17(25)14-34-21(29)8-7-20(28)33-13-16-12-24(10-11-32-16)18(26)15-35-22(30)6-5-19(27)31-2/h5-8,16H,3-4,9-15H2,1-2H3,(H,23,25)/b6-5+,8-7+. The van der Waals surface area contributed by atoms with E-state index >= 15 is 0 Å². The molecule has 1 heterocycles. The highest BCUT2D eigenvalue weighted by Gasteiger charge is 2.25. The molecule has 1 N–H and O–H groups in total. The van der Waals surface area contributed by atoms with Crippen LogP contribution in [0.5, 0.6) is 0 Å². The number of esters is 4. The lowest BCUT2D eigenvalue weighted by atomic mass is 10.3. The van der Waals surface area contributed by atoms with Crippen LogP contribution < -0.4 is 5.32 Å². The minimum Gasteiger partial charge on any atom is -0.466 e. The highest BCUT2D eigenvalue weighted by atomic mass is 16.6. The van der Waals surface area contributed by atoms with E-state index in [4.69, 9.17) is 18.9 Å². The Morgan fingerprint density at radius 2 is 1.51 bits per heavy atom. The molecule has 0 spiro atoms. The largest absolute Gasteiger partial charge is 0.466 e. The third-order valence-electron chi connectivity index (χ3n) is 4.35. The molecule has 1 rings (SSSR count). The summed E-state index contributed by atoms with van der Waals surface area (Å²) >= 11 is 0. The van der Waals surface area contributed by atoms with Crippen molar-refractivity contribution in [2.45, 2.75) is 25.9 Å². The van der Waals surface area contributed by atoms with Gasteiger partial charge in [0, 0.05) is 37.4 Å². The number of nitrogens with zero attached hydrogens (tertiary/aromatic N) is 1. The van der Waals surface area contributed by atoms with Crippen molar-refractivity contribution in [2.24, 2.45) is 0 Å². The number of hydrogen-bond acceptors (Lipinski definition) is 11. The Kier molecular flexibility index (Phi) is 14.1. The number of amides is 2. The number of unbranched alkanes of at least 4 members (excludes halogenated alkanes) is 1. The van der Waals surface area contributed by atoms with Gasteiger partial charge in [0.05, 0.1) is 20.3 Å². The van der Waals surface area contributed by atoms with E-state index in [2.05, 4.69) is 10.1 Å². The third-order valence-corrected chi connectivity index (χ3v) is 4.35. The first kappa shape index (κ1) is 29.3. The van der Waals surface area contributed by atoms with Crippen LogP contribution in [0.4, 0.5) is 0 Å². The van der Waals surface area contributed by atoms with Gasteiger partial charge in [-0.2, -0.15) is 0 Å². The quantitative estimate of drug-likeness (QED) is 0.144. The Hall–Kier alpha value is -3.74. The smallest absolute Gasteiger partial charge is 0.331 e. The molecule has 1 atom stereocenters. The fourth-order valence-electron chi connectivity index (χ4n) is 2.52. The van der Waals surface area contributed by atoms with Crippen molar-refractivity contribution in [3.8, 4) is 0 Å². The maximum absolute atomic E-state index is 12.2. The molecule has 0 saturated carbocycles. The second-order valence-corrected chi connectivity index (χ2v) is 7.07. The molecule has 0 aromatic carbocycles. The van der Waals surface area contributed by atoms with E-state index in [1.807, 2.05) is 6.92 Å². The van der Waals surface area contributed by atoms with Crippen molar-refractivity contribution >= 4 is 35.7 Å². The summed E-state index contributed by atoms with van der Waals surface area (Å²) in [5, 5.41) is 2.58. The average molecular weight is 498 g/mol. The summed E-state index contributed by atoms with van der Waals surface area (Å²) in [4.78, 5) is 70.9. The van der Waals surface area contributed by atoms with Crippen molar-refractivity contribution in [3.05, 3.63) is 24.3 Å². The summed E-state index contributed by atoms with van der Waals surface area (Å²) in [7, 11) is 1.15. The van der Waals surface area contributed by atoms with E-state index in [-0.39, 0.29) is 26.3 Å². The summed E-state index contributed by atoms with van der Waals surface area (Å²) in [5.74, 6) is -4.28. The van der Waals surface area contributed by atoms with Crippen LogP contribution in [0.1, 0.15) is 19.8 Å². The molecular weight excluding hydrogens is 468 g/mol. The summed E-state index contributed by atoms with van der Waals surface area (Å²) in [6.07, 6.45) is 4.49. The summed E-state index contributed by atoms with van der Waals surface area (Å²) in [6.45, 7) is 1.77. The van der Waals surface area contributed by atoms with E-state index in [0.29, 0.717) is 6.54 Å². The normalized spacial score (nSPS) is 15.5. The molecule has 1 aliphatic heterocycles. The lowest BCUT2D eigenvalue weighted by Gasteiger charge is -2.32. The molecule has 0 radical (unpaired) electrons. The Bertz CT molecular complexity index is 822. The molecule has 0 bridgehead atoms. The number of carbonyl (C=O) groups is 6. The lowest BCUT2D eigenvalue weighted by Crippen LogP contribution is -2.48. The molecule has 1 unspecified atom stereocenters. The zero-order valence-electron chi connectivity index (χ0n) is 19.7. The van der Waals surface area contributed by atoms with Crippen molar-refractivity contribution in [3.63, 3.8) is 0 Å². The van der Waals surface area contributed by atoms with Crippen LogP contribution in [-0.2, 0) is 52.5 Å². The van der Waals surface area contributed by atoms with Crippen molar-refractivity contribution in [1.29, 1.82) is 0 Å². The number of morpholine rings is 1. The molecule has 13 nitrogen and oxygen atoms in total. The molecule has 0 aliphatic carbocycles. The zero-order chi connectivity index (χ0) is 26.1. The van der Waals surface area contributed by atoms with Crippen LogP contribution in [0.15, 0.2) is 24.3 Å². The highest BCUT2D eigenvalue weighted by molar-refractivity contribution is 5.93. The van der Waals surface area contributed by atoms with Gasteiger partial charge in [-0.15, -0.1) is 0 Å². The number of ether oxygens (including phenoxy) is 5. The van der Waals surface area contributed by atoms with Crippen LogP contribution >= 0.6 is 0 Å². The number of rotatable bonds is 13. The number of carbonyl (C=O) groups excluding carboxylic acids is 6. The third kappa shape index (κ3) is 13.5. The second kappa shape index (κ2) is 16.8. The van der Waals surface area contributed by atoms with Crippen molar-refractivity contribution in [1.82, 2.24) is 10.2 Å². The Balaban J connectivity index is 2.32. The van der Waals surface area contributed by atoms with E-state index in [9.17, 15) is 28.8 Å². The Morgan fingerprint density at radius 1 is 0.914 bits per heavy atom. The Morgan fingerprint density at radius 3 is 2.14 bits per heavy atom. The average Bonchev–Trinajstić information content (AvgIpc) is 2.86. The molecule has 1 aliphatic rings. The first-order chi connectivity index (χ1) is 16.7. The molecule has 0 aromatic rings. The van der Waals surface area contributed by atoms with Gasteiger partial charge in [0.15, 0.2) is 13.2 Å². The Labute approximate surface area is 202 Å². The topological polar surface area (TPSA) is 164 Å². The highest BCUT2D eigenvalue weighted by Crippen LogP contribution is 2.07. The minimum atomic E-state index is -0.884. The fraction of sp³-hybridized carbons (Fsp3) is 0.545. The molecular formula is C22H30N2O11. The first-order valence-corrected chi connectivity index (χ1v) is 10.9. The van der Waals surface area contributed by atoms with Gasteiger partial charge in [0.1, 0.15) is 12.7 Å². The van der Waals surface area contributed by atoms with Gasteiger partial charge in [0.25, 0.3) is 11.8 Å². The van der Waals surface area contributed by atoms with Gasteiger partial charge in [0.2, 0.25) is 0 Å². The van der Waals surface area contributed by atoms with Gasteiger partial charge in [-0.05, 0) is 6.42 Å². The van der Waals surface area contributed by atoms with E-state index in [0.717, 1.165) is 44.3 Å². The SMILES string of the molecule is CCCCNC(=O)COC(=O)/C=C/C(=O)OCC1CN(C(=O)COC(=O)/C=C/C(=O)OC)CCO1. The van der Waals surface area contributed by atoms with Crippen LogP contribution in [0.2, 0.25) is 0 Å². The summed E-state index contributed by atoms with van der Waals surface area (Å²) in [5.41, 5.74) is 0. The molecule has 2 amide bonds. The fourth-order valence-corrected chi connectivity index (χ4v) is 2.52. The second-order valence-electron chi connectivity index (χ2n) is 7.07. The molecule has 1 saturated heterocycles. The van der Waals surface area contributed by atoms with Crippen molar-refractivity contribution in [2.75, 3.05) is 53.2 Å². The van der Waals surface area contributed by atoms with Gasteiger partial charge >= 0.3 is 23.9 Å². The predicted molar refractivity (Wildman–Crippen MR) is 117 cm³/mol. The number of nitrogens with one attached hydrogen (secondary N) is 1. The summed E-state index contributed by atoms with van der Waals surface area (Å²) < 4.78 is 24.3. The minimum absolute atomic E-state index is 0.0839. The predicted octanol–water partition coefficient (Wildman–Crippen LogP) is -0.955. The van der Waals surface area contributed by atoms with E-state index in [1.54, 1.807) is 0 Å². The van der Waals surface area contributed by atoms with Crippen LogP contribution in [-0.4, -0.2) is 99.9 Å². The molecule has 0 aromatic heterocycles. The van der Waals surface area contributed by atoms with Gasteiger partial charge in [-0.3, -0.25) is 9.59 Å². The zero-order valence-corrected chi connectivity index (χ0v) is 19.7. The van der Waals surface area contributed by atoms with Gasteiger partial charge < -0.3 is 33.9 Å². The van der Waals surface area contributed by atoms with Crippen LogP contribution in [0.25, 0.3) is 0 Å². The van der Waals surface area contributed by atoms with E-state index < -0.39 is 55.0 Å².